The summed E-state index contributed by atoms with van der Waals surface area (Å²) in [6.45, 7) is 1.93. The summed E-state index contributed by atoms with van der Waals surface area (Å²) in [4.78, 5) is 29.2. The fourth-order valence-corrected chi connectivity index (χ4v) is 2.87. The van der Waals surface area contributed by atoms with Crippen LogP contribution >= 0.6 is 0 Å². The number of nitrogens with one attached hydrogen (secondary N) is 1. The summed E-state index contributed by atoms with van der Waals surface area (Å²) in [6, 6.07) is 14.6. The first-order valence-corrected chi connectivity index (χ1v) is 8.50. The summed E-state index contributed by atoms with van der Waals surface area (Å²) in [7, 11) is 1.61. The lowest BCUT2D eigenvalue weighted by Gasteiger charge is -2.18. The zero-order valence-electron chi connectivity index (χ0n) is 14.8. The lowest BCUT2D eigenvalue weighted by atomic mass is 10.0. The molecular weight excluding hydrogens is 330 g/mol. The van der Waals surface area contributed by atoms with Gasteiger partial charge in [0.1, 0.15) is 12.3 Å². The van der Waals surface area contributed by atoms with Crippen molar-refractivity contribution in [2.45, 2.75) is 25.9 Å². The highest BCUT2D eigenvalue weighted by atomic mass is 16.5. The maximum absolute atomic E-state index is 12.5. The van der Waals surface area contributed by atoms with Gasteiger partial charge in [0, 0.05) is 0 Å². The molecule has 134 valence electrons. The highest BCUT2D eigenvalue weighted by Gasteiger charge is 2.14. The summed E-state index contributed by atoms with van der Waals surface area (Å²) in [5.41, 5.74) is 1.40. The van der Waals surface area contributed by atoms with Crippen molar-refractivity contribution in [1.82, 2.24) is 14.9 Å². The Balaban J connectivity index is 1.75. The number of amides is 1. The molecule has 0 radical (unpaired) electrons. The molecule has 0 fully saturated rings. The molecule has 0 spiro atoms. The molecule has 1 heterocycles. The molecule has 1 aromatic heterocycles. The molecular formula is C20H21N3O3. The predicted octanol–water partition coefficient (Wildman–Crippen LogP) is 2.67. The molecule has 26 heavy (non-hydrogen) atoms. The lowest BCUT2D eigenvalue weighted by Crippen LogP contribution is -2.34. The van der Waals surface area contributed by atoms with Crippen molar-refractivity contribution in [2.75, 3.05) is 7.11 Å². The van der Waals surface area contributed by atoms with Gasteiger partial charge in [0.2, 0.25) is 5.91 Å². The Bertz CT molecular complexity index is 964. The minimum atomic E-state index is -0.230. The molecule has 0 aliphatic carbocycles. The second-order valence-electron chi connectivity index (χ2n) is 6.00. The van der Waals surface area contributed by atoms with Gasteiger partial charge in [-0.2, -0.15) is 0 Å². The maximum Gasteiger partial charge on any atom is 0.261 e. The van der Waals surface area contributed by atoms with Crippen LogP contribution in [0.15, 0.2) is 59.7 Å². The SMILES string of the molecule is CCC(NC(=O)Cn1cnc2ccccc2c1=O)c1ccc(OC)cc1. The molecule has 0 saturated carbocycles. The van der Waals surface area contributed by atoms with E-state index in [1.165, 1.54) is 10.9 Å². The molecule has 1 unspecified atom stereocenters. The molecule has 3 aromatic rings. The monoisotopic (exact) mass is 351 g/mol. The highest BCUT2D eigenvalue weighted by molar-refractivity contribution is 5.79. The van der Waals surface area contributed by atoms with Gasteiger partial charge in [0.15, 0.2) is 0 Å². The zero-order valence-corrected chi connectivity index (χ0v) is 14.8. The quantitative estimate of drug-likeness (QED) is 0.741. The number of hydrogen-bond donors (Lipinski definition) is 1. The molecule has 1 atom stereocenters. The van der Waals surface area contributed by atoms with Gasteiger partial charge in [-0.25, -0.2) is 4.98 Å². The van der Waals surface area contributed by atoms with Crippen LogP contribution in [-0.4, -0.2) is 22.6 Å². The number of methoxy groups -OCH3 is 1. The number of ether oxygens (including phenoxy) is 1. The van der Waals surface area contributed by atoms with Crippen molar-refractivity contribution in [3.8, 4) is 5.75 Å². The number of nitrogens with zero attached hydrogens (tertiary/aromatic N) is 2. The summed E-state index contributed by atoms with van der Waals surface area (Å²) in [5, 5.41) is 3.48. The van der Waals surface area contributed by atoms with Gasteiger partial charge < -0.3 is 10.1 Å². The molecule has 1 amide bonds. The number of carbonyl (C=O) groups is 1. The van der Waals surface area contributed by atoms with Crippen LogP contribution < -0.4 is 15.6 Å². The number of rotatable bonds is 6. The van der Waals surface area contributed by atoms with E-state index in [4.69, 9.17) is 4.74 Å². The van der Waals surface area contributed by atoms with Crippen LogP contribution in [0.25, 0.3) is 10.9 Å². The fourth-order valence-electron chi connectivity index (χ4n) is 2.87. The first-order valence-electron chi connectivity index (χ1n) is 8.50. The second kappa shape index (κ2) is 7.82. The topological polar surface area (TPSA) is 73.2 Å². The van der Waals surface area contributed by atoms with Crippen LogP contribution in [0.2, 0.25) is 0 Å². The third-order valence-electron chi connectivity index (χ3n) is 4.31. The molecule has 6 heteroatoms. The van der Waals surface area contributed by atoms with E-state index < -0.39 is 0 Å². The number of aromatic nitrogens is 2. The van der Waals surface area contributed by atoms with Gasteiger partial charge in [-0.1, -0.05) is 31.2 Å². The first-order chi connectivity index (χ1) is 12.6. The predicted molar refractivity (Wildman–Crippen MR) is 100 cm³/mol. The normalized spacial score (nSPS) is 11.9. The van der Waals surface area contributed by atoms with E-state index in [9.17, 15) is 9.59 Å². The summed E-state index contributed by atoms with van der Waals surface area (Å²) in [6.07, 6.45) is 2.15. The molecule has 0 aliphatic rings. The van der Waals surface area contributed by atoms with Gasteiger partial charge >= 0.3 is 0 Å². The minimum Gasteiger partial charge on any atom is -0.497 e. The van der Waals surface area contributed by atoms with Crippen LogP contribution in [-0.2, 0) is 11.3 Å². The van der Waals surface area contributed by atoms with Gasteiger partial charge in [-0.05, 0) is 36.2 Å². The van der Waals surface area contributed by atoms with E-state index in [0.29, 0.717) is 10.9 Å². The van der Waals surface area contributed by atoms with Crippen LogP contribution in [0.4, 0.5) is 0 Å². The standard InChI is InChI=1S/C20H21N3O3/c1-3-17(14-8-10-15(26-2)11-9-14)22-19(24)12-23-13-21-18-7-5-4-6-16(18)20(23)25/h4-11,13,17H,3,12H2,1-2H3,(H,22,24). The number of benzene rings is 2. The minimum absolute atomic E-state index is 0.0661. The van der Waals surface area contributed by atoms with Crippen molar-refractivity contribution in [3.05, 3.63) is 70.8 Å². The number of carbonyl (C=O) groups excluding carboxylic acids is 1. The van der Waals surface area contributed by atoms with Crippen molar-refractivity contribution in [1.29, 1.82) is 0 Å². The van der Waals surface area contributed by atoms with E-state index >= 15 is 0 Å². The molecule has 3 rings (SSSR count). The van der Waals surface area contributed by atoms with E-state index in [-0.39, 0.29) is 24.1 Å². The Morgan fingerprint density at radius 2 is 1.92 bits per heavy atom. The zero-order chi connectivity index (χ0) is 18.5. The average Bonchev–Trinajstić information content (AvgIpc) is 2.68. The van der Waals surface area contributed by atoms with Crippen LogP contribution in [0.3, 0.4) is 0 Å². The second-order valence-corrected chi connectivity index (χ2v) is 6.00. The molecule has 0 saturated heterocycles. The van der Waals surface area contributed by atoms with Gasteiger partial charge in [0.05, 0.1) is 30.4 Å². The van der Waals surface area contributed by atoms with Gasteiger partial charge in [-0.15, -0.1) is 0 Å². The van der Waals surface area contributed by atoms with Crippen LogP contribution in [0.5, 0.6) is 5.75 Å². The Morgan fingerprint density at radius 1 is 1.19 bits per heavy atom. The summed E-state index contributed by atoms with van der Waals surface area (Å²) >= 11 is 0. The molecule has 0 bridgehead atoms. The smallest absolute Gasteiger partial charge is 0.261 e. The Morgan fingerprint density at radius 3 is 2.62 bits per heavy atom. The van der Waals surface area contributed by atoms with Crippen LogP contribution in [0.1, 0.15) is 24.9 Å². The van der Waals surface area contributed by atoms with Gasteiger partial charge in [-0.3, -0.25) is 14.2 Å². The largest absolute Gasteiger partial charge is 0.497 e. The first kappa shape index (κ1) is 17.7. The molecule has 0 aliphatic heterocycles. The number of hydrogen-bond acceptors (Lipinski definition) is 4. The van der Waals surface area contributed by atoms with Crippen molar-refractivity contribution in [3.63, 3.8) is 0 Å². The lowest BCUT2D eigenvalue weighted by molar-refractivity contribution is -0.122. The molecule has 2 aromatic carbocycles. The maximum atomic E-state index is 12.5. The van der Waals surface area contributed by atoms with E-state index in [1.54, 1.807) is 25.3 Å². The highest BCUT2D eigenvalue weighted by Crippen LogP contribution is 2.20. The third kappa shape index (κ3) is 3.74. The average molecular weight is 351 g/mol. The van der Waals surface area contributed by atoms with E-state index in [1.807, 2.05) is 37.3 Å². The van der Waals surface area contributed by atoms with Gasteiger partial charge in [0.25, 0.3) is 5.56 Å². The van der Waals surface area contributed by atoms with Crippen molar-refractivity contribution in [2.24, 2.45) is 0 Å². The number of fused-ring (bicyclic) bond motifs is 1. The molecule has 1 N–H and O–H groups in total. The Hall–Kier alpha value is -3.15. The summed E-state index contributed by atoms with van der Waals surface area (Å²) in [5.74, 6) is 0.538. The number of para-hydroxylation sites is 1. The van der Waals surface area contributed by atoms with Crippen LogP contribution in [0, 0.1) is 0 Å². The van der Waals surface area contributed by atoms with Crippen molar-refractivity contribution >= 4 is 16.8 Å². The molecule has 6 nitrogen and oxygen atoms in total. The van der Waals surface area contributed by atoms with E-state index in [2.05, 4.69) is 10.3 Å². The fraction of sp³-hybridized carbons (Fsp3) is 0.250. The van der Waals surface area contributed by atoms with E-state index in [0.717, 1.165) is 17.7 Å². The van der Waals surface area contributed by atoms with Crippen molar-refractivity contribution < 1.29 is 9.53 Å². The Kier molecular flexibility index (Phi) is 5.31. The Labute approximate surface area is 151 Å². The third-order valence-corrected chi connectivity index (χ3v) is 4.31. The summed E-state index contributed by atoms with van der Waals surface area (Å²) < 4.78 is 6.49.